The van der Waals surface area contributed by atoms with Crippen molar-refractivity contribution in [2.45, 2.75) is 6.54 Å². The van der Waals surface area contributed by atoms with E-state index in [9.17, 15) is 0 Å². The maximum absolute atomic E-state index is 4.54. The van der Waals surface area contributed by atoms with Crippen LogP contribution in [0.4, 0.5) is 5.69 Å². The Morgan fingerprint density at radius 1 is 0.964 bits per heavy atom. The summed E-state index contributed by atoms with van der Waals surface area (Å²) in [7, 11) is 1.85. The number of guanidine groups is 1. The first-order chi connectivity index (χ1) is 13.3. The minimum absolute atomic E-state index is 0. The molecule has 2 heterocycles. The molecular weight excluding hydrogens is 461 g/mol. The molecule has 1 aromatic heterocycles. The van der Waals surface area contributed by atoms with Crippen molar-refractivity contribution in [2.75, 3.05) is 38.1 Å². The van der Waals surface area contributed by atoms with Crippen LogP contribution >= 0.6 is 24.0 Å². The fourth-order valence-electron chi connectivity index (χ4n) is 3.63. The normalized spacial score (nSPS) is 14.7. The number of nitrogens with zero attached hydrogens (tertiary/aromatic N) is 4. The van der Waals surface area contributed by atoms with Crippen molar-refractivity contribution in [1.29, 1.82) is 0 Å². The fraction of sp³-hybridized carbons (Fsp3) is 0.273. The average Bonchev–Trinajstić information content (AvgIpc) is 2.75. The molecule has 0 atom stereocenters. The van der Waals surface area contributed by atoms with Gasteiger partial charge in [-0.3, -0.25) is 9.98 Å². The van der Waals surface area contributed by atoms with Crippen molar-refractivity contribution >= 4 is 46.5 Å². The number of halogens is 1. The Bertz CT molecular complexity index is 915. The number of aromatic nitrogens is 1. The van der Waals surface area contributed by atoms with E-state index >= 15 is 0 Å². The van der Waals surface area contributed by atoms with Gasteiger partial charge in [-0.1, -0.05) is 42.5 Å². The summed E-state index contributed by atoms with van der Waals surface area (Å²) < 4.78 is 0. The topological polar surface area (TPSA) is 43.8 Å². The highest BCUT2D eigenvalue weighted by molar-refractivity contribution is 14.0. The molecule has 6 heteroatoms. The Hall–Kier alpha value is -2.35. The number of rotatable bonds is 3. The molecule has 0 bridgehead atoms. The molecule has 0 unspecified atom stereocenters. The van der Waals surface area contributed by atoms with Gasteiger partial charge in [0.2, 0.25) is 0 Å². The number of piperazine rings is 1. The number of fused-ring (bicyclic) bond motifs is 1. The van der Waals surface area contributed by atoms with E-state index in [4.69, 9.17) is 0 Å². The van der Waals surface area contributed by atoms with Crippen molar-refractivity contribution in [1.82, 2.24) is 15.2 Å². The molecule has 0 aliphatic carbocycles. The van der Waals surface area contributed by atoms with Crippen LogP contribution in [0, 0.1) is 0 Å². The molecule has 1 aliphatic heterocycles. The van der Waals surface area contributed by atoms with Crippen LogP contribution in [0.15, 0.2) is 71.9 Å². The van der Waals surface area contributed by atoms with Gasteiger partial charge in [-0.05, 0) is 23.8 Å². The molecule has 4 rings (SSSR count). The van der Waals surface area contributed by atoms with Crippen LogP contribution < -0.4 is 10.2 Å². The van der Waals surface area contributed by atoms with Gasteiger partial charge >= 0.3 is 0 Å². The summed E-state index contributed by atoms with van der Waals surface area (Å²) in [6.45, 7) is 4.64. The smallest absolute Gasteiger partial charge is 0.194 e. The molecule has 5 nitrogen and oxygen atoms in total. The monoisotopic (exact) mass is 487 g/mol. The van der Waals surface area contributed by atoms with Gasteiger partial charge in [0.1, 0.15) is 0 Å². The van der Waals surface area contributed by atoms with E-state index in [1.807, 2.05) is 19.3 Å². The van der Waals surface area contributed by atoms with E-state index < -0.39 is 0 Å². The molecule has 1 N–H and O–H groups in total. The molecule has 1 fully saturated rings. The van der Waals surface area contributed by atoms with Crippen molar-refractivity contribution in [2.24, 2.45) is 4.99 Å². The van der Waals surface area contributed by atoms with Crippen molar-refractivity contribution in [3.8, 4) is 0 Å². The first-order valence-corrected chi connectivity index (χ1v) is 9.43. The minimum atomic E-state index is 0. The third-order valence-electron chi connectivity index (χ3n) is 5.07. The number of benzene rings is 2. The zero-order valence-electron chi connectivity index (χ0n) is 16.1. The highest BCUT2D eigenvalue weighted by Crippen LogP contribution is 2.17. The Kier molecular flexibility index (Phi) is 7.08. The zero-order chi connectivity index (χ0) is 18.5. The maximum Gasteiger partial charge on any atom is 0.194 e. The number of nitrogens with one attached hydrogen (secondary N) is 1. The highest BCUT2D eigenvalue weighted by atomic mass is 127. The Morgan fingerprint density at radius 2 is 1.71 bits per heavy atom. The van der Waals surface area contributed by atoms with E-state index in [1.54, 1.807) is 0 Å². The van der Waals surface area contributed by atoms with E-state index in [2.05, 4.69) is 79.7 Å². The summed E-state index contributed by atoms with van der Waals surface area (Å²) in [6, 6.07) is 21.0. The quantitative estimate of drug-likeness (QED) is 0.347. The second-order valence-corrected chi connectivity index (χ2v) is 6.70. The predicted molar refractivity (Wildman–Crippen MR) is 128 cm³/mol. The number of para-hydroxylation sites is 2. The molecule has 0 spiro atoms. The van der Waals surface area contributed by atoms with Crippen LogP contribution in [0.3, 0.4) is 0 Å². The molecule has 146 valence electrons. The lowest BCUT2D eigenvalue weighted by atomic mass is 10.1. The van der Waals surface area contributed by atoms with Crippen LogP contribution in [0.5, 0.6) is 0 Å². The third kappa shape index (κ3) is 4.55. The summed E-state index contributed by atoms with van der Waals surface area (Å²) in [5.41, 5.74) is 3.54. The highest BCUT2D eigenvalue weighted by Gasteiger charge is 2.19. The fourth-order valence-corrected chi connectivity index (χ4v) is 3.63. The second-order valence-electron chi connectivity index (χ2n) is 6.70. The molecule has 1 aliphatic rings. The molecule has 28 heavy (non-hydrogen) atoms. The van der Waals surface area contributed by atoms with Crippen LogP contribution in [0.1, 0.15) is 5.56 Å². The molecular formula is C22H26IN5. The Labute approximate surface area is 183 Å². The first kappa shape index (κ1) is 20.4. The zero-order valence-corrected chi connectivity index (χ0v) is 18.4. The van der Waals surface area contributed by atoms with Crippen LogP contribution in [-0.2, 0) is 6.54 Å². The lowest BCUT2D eigenvalue weighted by molar-refractivity contribution is 0.372. The number of anilines is 1. The average molecular weight is 487 g/mol. The summed E-state index contributed by atoms with van der Waals surface area (Å²) >= 11 is 0. The van der Waals surface area contributed by atoms with E-state index in [0.717, 1.165) is 44.2 Å². The lowest BCUT2D eigenvalue weighted by Crippen LogP contribution is -2.52. The van der Waals surface area contributed by atoms with E-state index in [-0.39, 0.29) is 24.0 Å². The molecule has 0 radical (unpaired) electrons. The van der Waals surface area contributed by atoms with Crippen LogP contribution in [0.2, 0.25) is 0 Å². The SMILES string of the molecule is CN=C(NCc1cccc2cccnc12)N1CCN(c2ccccc2)CC1.I. The number of hydrogen-bond donors (Lipinski definition) is 1. The van der Waals surface area contributed by atoms with Gasteiger partial charge in [0.15, 0.2) is 5.96 Å². The van der Waals surface area contributed by atoms with Gasteiger partial charge in [-0.15, -0.1) is 24.0 Å². The maximum atomic E-state index is 4.54. The van der Waals surface area contributed by atoms with E-state index in [1.165, 1.54) is 16.6 Å². The van der Waals surface area contributed by atoms with Gasteiger partial charge in [0.25, 0.3) is 0 Å². The Morgan fingerprint density at radius 3 is 2.46 bits per heavy atom. The summed E-state index contributed by atoms with van der Waals surface area (Å²) in [4.78, 5) is 13.8. The molecule has 2 aromatic carbocycles. The van der Waals surface area contributed by atoms with Gasteiger partial charge < -0.3 is 15.1 Å². The van der Waals surface area contributed by atoms with Gasteiger partial charge in [-0.25, -0.2) is 0 Å². The first-order valence-electron chi connectivity index (χ1n) is 9.43. The van der Waals surface area contributed by atoms with Gasteiger partial charge in [0, 0.05) is 57.0 Å². The largest absolute Gasteiger partial charge is 0.368 e. The predicted octanol–water partition coefficient (Wildman–Crippen LogP) is 3.75. The van der Waals surface area contributed by atoms with E-state index in [0.29, 0.717) is 0 Å². The molecule has 0 amide bonds. The van der Waals surface area contributed by atoms with Gasteiger partial charge in [0.05, 0.1) is 5.52 Å². The lowest BCUT2D eigenvalue weighted by Gasteiger charge is -2.37. The van der Waals surface area contributed by atoms with Crippen LogP contribution in [-0.4, -0.2) is 49.1 Å². The Balaban J connectivity index is 0.00000225. The molecule has 1 saturated heterocycles. The van der Waals surface area contributed by atoms with Gasteiger partial charge in [-0.2, -0.15) is 0 Å². The third-order valence-corrected chi connectivity index (χ3v) is 5.07. The number of aliphatic imine (C=N–C) groups is 1. The summed E-state index contributed by atoms with van der Waals surface area (Å²) in [5.74, 6) is 0.954. The van der Waals surface area contributed by atoms with Crippen LogP contribution in [0.25, 0.3) is 10.9 Å². The second kappa shape index (κ2) is 9.73. The number of hydrogen-bond acceptors (Lipinski definition) is 3. The summed E-state index contributed by atoms with van der Waals surface area (Å²) in [6.07, 6.45) is 1.85. The van der Waals surface area contributed by atoms with Crippen molar-refractivity contribution in [3.63, 3.8) is 0 Å². The van der Waals surface area contributed by atoms with Crippen molar-refractivity contribution < 1.29 is 0 Å². The van der Waals surface area contributed by atoms with Crippen molar-refractivity contribution in [3.05, 3.63) is 72.4 Å². The molecule has 3 aromatic rings. The standard InChI is InChI=1S/C22H25N5.HI/c1-23-22(25-17-19-8-5-7-18-9-6-12-24-21(18)19)27-15-13-26(14-16-27)20-10-3-2-4-11-20;/h2-12H,13-17H2,1H3,(H,23,25);1H. The number of pyridine rings is 1. The minimum Gasteiger partial charge on any atom is -0.368 e. The summed E-state index contributed by atoms with van der Waals surface area (Å²) in [5, 5.41) is 4.69. The molecule has 0 saturated carbocycles.